The van der Waals surface area contributed by atoms with E-state index in [2.05, 4.69) is 5.32 Å². The number of alkyl halides is 3. The number of carbonyl (C=O) groups excluding carboxylic acids is 1. The van der Waals surface area contributed by atoms with Crippen molar-refractivity contribution < 1.29 is 27.4 Å². The van der Waals surface area contributed by atoms with Gasteiger partial charge in [-0.3, -0.25) is 4.79 Å². The minimum atomic E-state index is -4.43. The summed E-state index contributed by atoms with van der Waals surface area (Å²) in [5, 5.41) is 3.03. The Bertz CT molecular complexity index is 807. The van der Waals surface area contributed by atoms with Crippen LogP contribution in [0.5, 0.6) is 11.5 Å². The smallest absolute Gasteiger partial charge is 0.416 e. The van der Waals surface area contributed by atoms with Gasteiger partial charge in [0, 0.05) is 18.5 Å². The monoisotopic (exact) mass is 385 g/mol. The highest BCUT2D eigenvalue weighted by atomic mass is 35.5. The fraction of sp³-hybridized carbons (Fsp3) is 0.278. The summed E-state index contributed by atoms with van der Waals surface area (Å²) >= 11 is 6.19. The molecule has 26 heavy (non-hydrogen) atoms. The molecule has 0 radical (unpaired) electrons. The molecule has 1 aliphatic heterocycles. The highest BCUT2D eigenvalue weighted by Crippen LogP contribution is 2.38. The summed E-state index contributed by atoms with van der Waals surface area (Å²) < 4.78 is 48.8. The zero-order valence-electron chi connectivity index (χ0n) is 13.5. The average Bonchev–Trinajstić information content (AvgIpc) is 2.85. The van der Waals surface area contributed by atoms with E-state index in [1.54, 1.807) is 12.1 Å². The standard InChI is InChI=1S/C18H15ClF3NO3/c19-14-8-11(9-15-16(14)26-7-1-6-25-15)10-23-17(24)12-2-4-13(5-3-12)18(20,21)22/h2-5,8-9H,1,6-7,10H2,(H,23,24). The minimum Gasteiger partial charge on any atom is -0.489 e. The van der Waals surface area contributed by atoms with E-state index in [1.807, 2.05) is 0 Å². The van der Waals surface area contributed by atoms with Gasteiger partial charge in [0.15, 0.2) is 11.5 Å². The average molecular weight is 386 g/mol. The van der Waals surface area contributed by atoms with Crippen molar-refractivity contribution in [2.75, 3.05) is 13.2 Å². The molecule has 0 saturated carbocycles. The molecule has 1 heterocycles. The van der Waals surface area contributed by atoms with Crippen molar-refractivity contribution >= 4 is 17.5 Å². The Morgan fingerprint density at radius 1 is 1.12 bits per heavy atom. The van der Waals surface area contributed by atoms with Gasteiger partial charge in [0.2, 0.25) is 0 Å². The molecule has 8 heteroatoms. The quantitative estimate of drug-likeness (QED) is 0.849. The van der Waals surface area contributed by atoms with Gasteiger partial charge < -0.3 is 14.8 Å². The summed E-state index contributed by atoms with van der Waals surface area (Å²) in [5.74, 6) is 0.498. The van der Waals surface area contributed by atoms with Gasteiger partial charge in [-0.15, -0.1) is 0 Å². The van der Waals surface area contributed by atoms with Crippen LogP contribution in [0.4, 0.5) is 13.2 Å². The highest BCUT2D eigenvalue weighted by Gasteiger charge is 2.30. The highest BCUT2D eigenvalue weighted by molar-refractivity contribution is 6.32. The molecule has 0 fully saturated rings. The number of benzene rings is 2. The Labute approximate surface area is 152 Å². The van der Waals surface area contributed by atoms with Crippen LogP contribution in [-0.4, -0.2) is 19.1 Å². The van der Waals surface area contributed by atoms with Crippen LogP contribution in [0.25, 0.3) is 0 Å². The van der Waals surface area contributed by atoms with Crippen molar-refractivity contribution in [3.05, 3.63) is 58.1 Å². The van der Waals surface area contributed by atoms with Crippen LogP contribution in [0.3, 0.4) is 0 Å². The number of nitrogens with one attached hydrogen (secondary N) is 1. The Morgan fingerprint density at radius 3 is 2.50 bits per heavy atom. The van der Waals surface area contributed by atoms with Gasteiger partial charge in [0.25, 0.3) is 5.91 Å². The van der Waals surface area contributed by atoms with E-state index in [0.717, 1.165) is 30.7 Å². The molecule has 2 aromatic rings. The maximum atomic E-state index is 12.6. The van der Waals surface area contributed by atoms with Crippen LogP contribution in [0.15, 0.2) is 36.4 Å². The molecule has 0 atom stereocenters. The number of hydrogen-bond donors (Lipinski definition) is 1. The number of fused-ring (bicyclic) bond motifs is 1. The minimum absolute atomic E-state index is 0.137. The fourth-order valence-electron chi connectivity index (χ4n) is 2.48. The van der Waals surface area contributed by atoms with Gasteiger partial charge in [-0.2, -0.15) is 13.2 Å². The van der Waals surface area contributed by atoms with E-state index in [9.17, 15) is 18.0 Å². The number of amides is 1. The molecule has 0 unspecified atom stereocenters. The van der Waals surface area contributed by atoms with E-state index < -0.39 is 17.6 Å². The van der Waals surface area contributed by atoms with Crippen LogP contribution in [-0.2, 0) is 12.7 Å². The third kappa shape index (κ3) is 4.22. The van der Waals surface area contributed by atoms with E-state index in [4.69, 9.17) is 21.1 Å². The first-order valence-corrected chi connectivity index (χ1v) is 8.26. The second-order valence-corrected chi connectivity index (χ2v) is 6.12. The lowest BCUT2D eigenvalue weighted by Crippen LogP contribution is -2.23. The van der Waals surface area contributed by atoms with E-state index in [-0.39, 0.29) is 12.1 Å². The lowest BCUT2D eigenvalue weighted by Gasteiger charge is -2.12. The lowest BCUT2D eigenvalue weighted by molar-refractivity contribution is -0.137. The van der Waals surface area contributed by atoms with Crippen molar-refractivity contribution in [3.8, 4) is 11.5 Å². The van der Waals surface area contributed by atoms with Gasteiger partial charge >= 0.3 is 6.18 Å². The van der Waals surface area contributed by atoms with Gasteiger partial charge in [0.1, 0.15) is 0 Å². The SMILES string of the molecule is O=C(NCc1cc(Cl)c2c(c1)OCCCO2)c1ccc(C(F)(F)F)cc1. The molecule has 1 aliphatic rings. The first-order chi connectivity index (χ1) is 12.3. The van der Waals surface area contributed by atoms with Crippen LogP contribution >= 0.6 is 11.6 Å². The molecule has 0 aromatic heterocycles. The predicted octanol–water partition coefficient (Wildman–Crippen LogP) is 4.45. The maximum absolute atomic E-state index is 12.6. The summed E-state index contributed by atoms with van der Waals surface area (Å²) in [5.41, 5.74) is 0.0293. The van der Waals surface area contributed by atoms with Crippen LogP contribution in [0.2, 0.25) is 5.02 Å². The van der Waals surface area contributed by atoms with Crippen LogP contribution in [0, 0.1) is 0 Å². The molecule has 1 amide bonds. The summed E-state index contributed by atoms with van der Waals surface area (Å²) in [6.07, 6.45) is -3.69. The van der Waals surface area contributed by atoms with Crippen LogP contribution in [0.1, 0.15) is 27.9 Å². The Morgan fingerprint density at radius 2 is 1.81 bits per heavy atom. The summed E-state index contributed by atoms with van der Waals surface area (Å²) in [7, 11) is 0. The molecule has 0 bridgehead atoms. The van der Waals surface area contributed by atoms with Gasteiger partial charge in [-0.05, 0) is 42.0 Å². The maximum Gasteiger partial charge on any atom is 0.416 e. The summed E-state index contributed by atoms with van der Waals surface area (Å²) in [6.45, 7) is 1.16. The first kappa shape index (κ1) is 18.4. The van der Waals surface area contributed by atoms with E-state index >= 15 is 0 Å². The second kappa shape index (κ2) is 7.45. The van der Waals surface area contributed by atoms with E-state index in [0.29, 0.717) is 35.3 Å². The molecule has 138 valence electrons. The fourth-order valence-corrected chi connectivity index (χ4v) is 2.77. The molecule has 4 nitrogen and oxygen atoms in total. The zero-order valence-corrected chi connectivity index (χ0v) is 14.3. The van der Waals surface area contributed by atoms with Gasteiger partial charge in [-0.25, -0.2) is 0 Å². The molecule has 1 N–H and O–H groups in total. The third-order valence-electron chi connectivity index (χ3n) is 3.79. The largest absolute Gasteiger partial charge is 0.489 e. The number of hydrogen-bond acceptors (Lipinski definition) is 3. The Balaban J connectivity index is 1.68. The summed E-state index contributed by atoms with van der Waals surface area (Å²) in [6, 6.07) is 7.40. The molecule has 0 saturated heterocycles. The third-order valence-corrected chi connectivity index (χ3v) is 4.07. The number of ether oxygens (including phenoxy) is 2. The molecular formula is C18H15ClF3NO3. The molecule has 2 aromatic carbocycles. The van der Waals surface area contributed by atoms with E-state index in [1.165, 1.54) is 0 Å². The zero-order chi connectivity index (χ0) is 18.7. The number of halogens is 4. The number of rotatable bonds is 3. The Kier molecular flexibility index (Phi) is 5.27. The molecular weight excluding hydrogens is 371 g/mol. The molecule has 0 spiro atoms. The molecule has 0 aliphatic carbocycles. The van der Waals surface area contributed by atoms with Crippen molar-refractivity contribution in [1.29, 1.82) is 0 Å². The van der Waals surface area contributed by atoms with Crippen molar-refractivity contribution in [2.24, 2.45) is 0 Å². The molecule has 3 rings (SSSR count). The first-order valence-electron chi connectivity index (χ1n) is 7.88. The second-order valence-electron chi connectivity index (χ2n) is 5.71. The lowest BCUT2D eigenvalue weighted by atomic mass is 10.1. The van der Waals surface area contributed by atoms with Crippen molar-refractivity contribution in [2.45, 2.75) is 19.1 Å². The van der Waals surface area contributed by atoms with Gasteiger partial charge in [-0.1, -0.05) is 11.6 Å². The van der Waals surface area contributed by atoms with Crippen LogP contribution < -0.4 is 14.8 Å². The van der Waals surface area contributed by atoms with Crippen molar-refractivity contribution in [3.63, 3.8) is 0 Å². The Hall–Kier alpha value is -2.41. The van der Waals surface area contributed by atoms with Gasteiger partial charge in [0.05, 0.1) is 23.8 Å². The normalized spacial score (nSPS) is 13.8. The summed E-state index contributed by atoms with van der Waals surface area (Å²) in [4.78, 5) is 12.1. The topological polar surface area (TPSA) is 47.6 Å². The number of carbonyl (C=O) groups is 1. The predicted molar refractivity (Wildman–Crippen MR) is 89.7 cm³/mol. The van der Waals surface area contributed by atoms with Crippen molar-refractivity contribution in [1.82, 2.24) is 5.32 Å².